The second-order valence-electron chi connectivity index (χ2n) is 6.50. The molecule has 1 saturated carbocycles. The lowest BCUT2D eigenvalue weighted by atomic mass is 10.1. The minimum absolute atomic E-state index is 0.310. The third-order valence-electron chi connectivity index (χ3n) is 4.46. The van der Waals surface area contributed by atoms with Crippen LogP contribution in [-0.4, -0.2) is 60.0 Å². The van der Waals surface area contributed by atoms with E-state index in [9.17, 15) is 0 Å². The van der Waals surface area contributed by atoms with Gasteiger partial charge in [-0.2, -0.15) is 0 Å². The summed E-state index contributed by atoms with van der Waals surface area (Å²) < 4.78 is 0. The fourth-order valence-corrected chi connectivity index (χ4v) is 2.86. The van der Waals surface area contributed by atoms with Gasteiger partial charge in [-0.1, -0.05) is 6.92 Å². The molecule has 2 heterocycles. The summed E-state index contributed by atoms with van der Waals surface area (Å²) in [5.41, 5.74) is 1.24. The third kappa shape index (κ3) is 3.52. The number of rotatable bonds is 5. The van der Waals surface area contributed by atoms with Gasteiger partial charge in [0, 0.05) is 43.9 Å². The molecule has 5 nitrogen and oxygen atoms in total. The summed E-state index contributed by atoms with van der Waals surface area (Å²) in [4.78, 5) is 14.4. The molecule has 1 atom stereocenters. The maximum atomic E-state index is 4.89. The highest BCUT2D eigenvalue weighted by atomic mass is 15.3. The van der Waals surface area contributed by atoms with E-state index < -0.39 is 0 Å². The predicted octanol–water partition coefficient (Wildman–Crippen LogP) is 2.09. The van der Waals surface area contributed by atoms with E-state index >= 15 is 0 Å². The molecular weight excluding hydrogens is 262 g/mol. The molecule has 21 heavy (non-hydrogen) atoms. The Kier molecular flexibility index (Phi) is 4.40. The zero-order chi connectivity index (χ0) is 14.8. The normalized spacial score (nSPS) is 24.2. The van der Waals surface area contributed by atoms with E-state index in [-0.39, 0.29) is 0 Å². The Labute approximate surface area is 127 Å². The van der Waals surface area contributed by atoms with E-state index in [1.807, 2.05) is 0 Å². The standard InChI is InChI=1S/C16H27N5/c1-4-7-17-15-10-13(12-5-6-12)18-16(19-15)14-11-20(2)8-9-21(14)3/h10,12,14H,4-9,11H2,1-3H3,(H,17,18,19). The van der Waals surface area contributed by atoms with Crippen LogP contribution in [-0.2, 0) is 0 Å². The molecule has 1 aromatic rings. The van der Waals surface area contributed by atoms with Crippen LogP contribution in [0.4, 0.5) is 5.82 Å². The van der Waals surface area contributed by atoms with Crippen LogP contribution in [0.25, 0.3) is 0 Å². The highest BCUT2D eigenvalue weighted by Crippen LogP contribution is 2.40. The summed E-state index contributed by atoms with van der Waals surface area (Å²) in [6.07, 6.45) is 3.68. The van der Waals surface area contributed by atoms with Crippen LogP contribution in [0.15, 0.2) is 6.07 Å². The lowest BCUT2D eigenvalue weighted by Crippen LogP contribution is -2.45. The van der Waals surface area contributed by atoms with Crippen LogP contribution in [0.1, 0.15) is 49.7 Å². The van der Waals surface area contributed by atoms with Crippen LogP contribution < -0.4 is 5.32 Å². The molecule has 0 aromatic carbocycles. The summed E-state index contributed by atoms with van der Waals surface area (Å²) in [7, 11) is 4.37. The molecule has 1 N–H and O–H groups in total. The number of nitrogens with one attached hydrogen (secondary N) is 1. The SMILES string of the molecule is CCCNc1cc(C2CC2)nc(C2CN(C)CCN2C)n1. The molecule has 116 valence electrons. The Balaban J connectivity index is 1.86. The Hall–Kier alpha value is -1.20. The average Bonchev–Trinajstić information content (AvgIpc) is 3.32. The molecule has 1 saturated heterocycles. The number of piperazine rings is 1. The zero-order valence-electron chi connectivity index (χ0n) is 13.5. The molecule has 5 heteroatoms. The summed E-state index contributed by atoms with van der Waals surface area (Å²) in [6.45, 7) is 6.37. The first-order valence-corrected chi connectivity index (χ1v) is 8.19. The van der Waals surface area contributed by atoms with Gasteiger partial charge in [0.1, 0.15) is 11.6 Å². The van der Waals surface area contributed by atoms with Gasteiger partial charge in [-0.3, -0.25) is 4.90 Å². The molecule has 2 fully saturated rings. The maximum Gasteiger partial charge on any atom is 0.149 e. The molecular formula is C16H27N5. The number of anilines is 1. The largest absolute Gasteiger partial charge is 0.370 e. The van der Waals surface area contributed by atoms with Crippen LogP contribution in [0.5, 0.6) is 0 Å². The predicted molar refractivity (Wildman–Crippen MR) is 85.7 cm³/mol. The third-order valence-corrected chi connectivity index (χ3v) is 4.46. The summed E-state index contributed by atoms with van der Waals surface area (Å²) >= 11 is 0. The van der Waals surface area contributed by atoms with E-state index in [0.29, 0.717) is 12.0 Å². The fourth-order valence-electron chi connectivity index (χ4n) is 2.86. The van der Waals surface area contributed by atoms with Crippen molar-refractivity contribution in [1.82, 2.24) is 19.8 Å². The first-order valence-electron chi connectivity index (χ1n) is 8.19. The number of nitrogens with zero attached hydrogens (tertiary/aromatic N) is 4. The lowest BCUT2D eigenvalue weighted by molar-refractivity contribution is 0.109. The highest BCUT2D eigenvalue weighted by Gasteiger charge is 2.30. The summed E-state index contributed by atoms with van der Waals surface area (Å²) in [5.74, 6) is 2.66. The maximum absolute atomic E-state index is 4.89. The van der Waals surface area contributed by atoms with Gasteiger partial charge in [0.15, 0.2) is 0 Å². The van der Waals surface area contributed by atoms with E-state index in [1.165, 1.54) is 18.5 Å². The Morgan fingerprint density at radius 1 is 1.24 bits per heavy atom. The van der Waals surface area contributed by atoms with E-state index in [4.69, 9.17) is 9.97 Å². The Morgan fingerprint density at radius 3 is 2.76 bits per heavy atom. The van der Waals surface area contributed by atoms with Crippen molar-refractivity contribution in [2.75, 3.05) is 45.6 Å². The molecule has 1 aliphatic carbocycles. The second kappa shape index (κ2) is 6.28. The van der Waals surface area contributed by atoms with Crippen molar-refractivity contribution in [3.63, 3.8) is 0 Å². The van der Waals surface area contributed by atoms with Crippen LogP contribution in [0.2, 0.25) is 0 Å². The van der Waals surface area contributed by atoms with Crippen molar-refractivity contribution in [2.45, 2.75) is 38.1 Å². The minimum Gasteiger partial charge on any atom is -0.370 e. The average molecular weight is 289 g/mol. The van der Waals surface area contributed by atoms with Crippen LogP contribution in [0.3, 0.4) is 0 Å². The van der Waals surface area contributed by atoms with E-state index in [2.05, 4.69) is 42.2 Å². The summed E-state index contributed by atoms with van der Waals surface area (Å²) in [6, 6.07) is 2.47. The van der Waals surface area contributed by atoms with Crippen molar-refractivity contribution < 1.29 is 0 Å². The first kappa shape index (κ1) is 14.7. The minimum atomic E-state index is 0.310. The van der Waals surface area contributed by atoms with Crippen molar-refractivity contribution in [3.05, 3.63) is 17.6 Å². The number of likely N-dealkylation sites (N-methyl/N-ethyl adjacent to an activating group) is 2. The van der Waals surface area contributed by atoms with Crippen molar-refractivity contribution >= 4 is 5.82 Å². The number of hydrogen-bond donors (Lipinski definition) is 1. The molecule has 0 spiro atoms. The van der Waals surface area contributed by atoms with Gasteiger partial charge >= 0.3 is 0 Å². The molecule has 0 amide bonds. The van der Waals surface area contributed by atoms with Gasteiger partial charge in [-0.05, 0) is 33.4 Å². The smallest absolute Gasteiger partial charge is 0.149 e. The quantitative estimate of drug-likeness (QED) is 0.899. The molecule has 0 bridgehead atoms. The van der Waals surface area contributed by atoms with Crippen LogP contribution in [0, 0.1) is 0 Å². The fraction of sp³-hybridized carbons (Fsp3) is 0.750. The van der Waals surface area contributed by atoms with Gasteiger partial charge in [0.05, 0.1) is 6.04 Å². The monoisotopic (exact) mass is 289 g/mol. The summed E-state index contributed by atoms with van der Waals surface area (Å²) in [5, 5.41) is 3.44. The van der Waals surface area contributed by atoms with E-state index in [1.54, 1.807) is 0 Å². The molecule has 1 aliphatic heterocycles. The van der Waals surface area contributed by atoms with Crippen LogP contribution >= 0.6 is 0 Å². The number of hydrogen-bond acceptors (Lipinski definition) is 5. The first-order chi connectivity index (χ1) is 10.2. The molecule has 1 aromatic heterocycles. The molecule has 3 rings (SSSR count). The second-order valence-corrected chi connectivity index (χ2v) is 6.50. The van der Waals surface area contributed by atoms with Crippen molar-refractivity contribution in [2.24, 2.45) is 0 Å². The van der Waals surface area contributed by atoms with Gasteiger partial charge in [0.25, 0.3) is 0 Å². The Bertz CT molecular complexity index is 486. The number of aromatic nitrogens is 2. The van der Waals surface area contributed by atoms with Gasteiger partial charge in [-0.25, -0.2) is 9.97 Å². The molecule has 0 radical (unpaired) electrons. The molecule has 2 aliphatic rings. The van der Waals surface area contributed by atoms with Gasteiger partial charge in [0.2, 0.25) is 0 Å². The zero-order valence-corrected chi connectivity index (χ0v) is 13.5. The molecule has 1 unspecified atom stereocenters. The highest BCUT2D eigenvalue weighted by molar-refractivity contribution is 5.38. The lowest BCUT2D eigenvalue weighted by Gasteiger charge is -2.36. The van der Waals surface area contributed by atoms with Crippen molar-refractivity contribution in [1.29, 1.82) is 0 Å². The van der Waals surface area contributed by atoms with Crippen molar-refractivity contribution in [3.8, 4) is 0 Å². The van der Waals surface area contributed by atoms with Gasteiger partial charge < -0.3 is 10.2 Å². The topological polar surface area (TPSA) is 44.3 Å². The van der Waals surface area contributed by atoms with Gasteiger partial charge in [-0.15, -0.1) is 0 Å². The Morgan fingerprint density at radius 2 is 2.05 bits per heavy atom. The van der Waals surface area contributed by atoms with E-state index in [0.717, 1.165) is 44.2 Å².